The summed E-state index contributed by atoms with van der Waals surface area (Å²) in [7, 11) is 1.55. The monoisotopic (exact) mass is 239 g/mol. The van der Waals surface area contributed by atoms with Crippen molar-refractivity contribution in [2.24, 2.45) is 5.73 Å². The van der Waals surface area contributed by atoms with Crippen molar-refractivity contribution >= 4 is 17.5 Å². The van der Waals surface area contributed by atoms with Crippen LogP contribution < -0.4 is 16.4 Å². The predicted molar refractivity (Wildman–Crippen MR) is 63.2 cm³/mol. The Kier molecular flexibility index (Phi) is 4.65. The van der Waals surface area contributed by atoms with Gasteiger partial charge in [-0.1, -0.05) is 0 Å². The van der Waals surface area contributed by atoms with E-state index >= 15 is 0 Å². The van der Waals surface area contributed by atoms with Gasteiger partial charge >= 0.3 is 0 Å². The average Bonchev–Trinajstić information content (AvgIpc) is 2.63. The fourth-order valence-electron chi connectivity index (χ4n) is 1.25. The van der Waals surface area contributed by atoms with E-state index in [1.165, 1.54) is 10.9 Å². The van der Waals surface area contributed by atoms with Gasteiger partial charge in [0.05, 0.1) is 11.9 Å². The maximum Gasteiger partial charge on any atom is 0.241 e. The van der Waals surface area contributed by atoms with Gasteiger partial charge in [-0.15, -0.1) is 0 Å². The Morgan fingerprint density at radius 1 is 1.53 bits per heavy atom. The van der Waals surface area contributed by atoms with Crippen molar-refractivity contribution < 1.29 is 9.59 Å². The molecule has 0 fully saturated rings. The Hall–Kier alpha value is -1.89. The average molecular weight is 239 g/mol. The van der Waals surface area contributed by atoms with E-state index in [1.54, 1.807) is 20.2 Å². The van der Waals surface area contributed by atoms with Gasteiger partial charge in [-0.3, -0.25) is 14.3 Å². The number of likely N-dealkylation sites (N-methyl/N-ethyl adjacent to an activating group) is 1. The summed E-state index contributed by atoms with van der Waals surface area (Å²) < 4.78 is 1.44. The molecule has 7 nitrogen and oxygen atoms in total. The van der Waals surface area contributed by atoms with Crippen LogP contribution in [0.4, 0.5) is 5.69 Å². The molecule has 4 N–H and O–H groups in total. The zero-order chi connectivity index (χ0) is 12.8. The first-order valence-corrected chi connectivity index (χ1v) is 5.29. The number of carbonyl (C=O) groups is 2. The van der Waals surface area contributed by atoms with Crippen LogP contribution in [-0.4, -0.2) is 34.7 Å². The minimum Gasteiger partial charge on any atom is -0.358 e. The first-order chi connectivity index (χ1) is 8.01. The molecule has 2 amide bonds. The lowest BCUT2D eigenvalue weighted by atomic mass is 10.2. The number of nitrogens with zero attached hydrogens (tertiary/aromatic N) is 2. The van der Waals surface area contributed by atoms with E-state index in [9.17, 15) is 9.59 Å². The number of rotatable bonds is 5. The lowest BCUT2D eigenvalue weighted by molar-refractivity contribution is -0.121. The molecule has 0 spiro atoms. The zero-order valence-electron chi connectivity index (χ0n) is 9.93. The molecule has 1 rings (SSSR count). The summed E-state index contributed by atoms with van der Waals surface area (Å²) in [4.78, 5) is 22.5. The third-order valence-corrected chi connectivity index (χ3v) is 2.01. The van der Waals surface area contributed by atoms with Gasteiger partial charge in [0.25, 0.3) is 0 Å². The Bertz CT molecular complexity index is 399. The molecular weight excluding hydrogens is 222 g/mol. The normalized spacial score (nSPS) is 11.9. The molecule has 0 aliphatic heterocycles. The zero-order valence-corrected chi connectivity index (χ0v) is 9.93. The van der Waals surface area contributed by atoms with Crippen LogP contribution in [-0.2, 0) is 16.1 Å². The molecule has 1 aromatic rings. The Morgan fingerprint density at radius 3 is 2.82 bits per heavy atom. The first kappa shape index (κ1) is 13.2. The van der Waals surface area contributed by atoms with Crippen molar-refractivity contribution in [3.63, 3.8) is 0 Å². The quantitative estimate of drug-likeness (QED) is 0.632. The largest absolute Gasteiger partial charge is 0.358 e. The number of amides is 2. The first-order valence-electron chi connectivity index (χ1n) is 5.29. The molecule has 17 heavy (non-hydrogen) atoms. The molecule has 0 bridgehead atoms. The summed E-state index contributed by atoms with van der Waals surface area (Å²) in [6.07, 6.45) is 3.33. The highest BCUT2D eigenvalue weighted by Gasteiger charge is 2.07. The lowest BCUT2D eigenvalue weighted by Crippen LogP contribution is -2.24. The van der Waals surface area contributed by atoms with E-state index in [4.69, 9.17) is 5.73 Å². The number of nitrogens with two attached hydrogens (primary N) is 1. The van der Waals surface area contributed by atoms with Crippen LogP contribution in [0.3, 0.4) is 0 Å². The van der Waals surface area contributed by atoms with Crippen molar-refractivity contribution in [2.45, 2.75) is 25.9 Å². The van der Waals surface area contributed by atoms with Gasteiger partial charge in [-0.25, -0.2) is 0 Å². The van der Waals surface area contributed by atoms with Gasteiger partial charge in [-0.2, -0.15) is 5.10 Å². The van der Waals surface area contributed by atoms with Crippen molar-refractivity contribution in [2.75, 3.05) is 12.4 Å². The van der Waals surface area contributed by atoms with Gasteiger partial charge in [-0.05, 0) is 6.92 Å². The number of hydrogen-bond acceptors (Lipinski definition) is 4. The fourth-order valence-corrected chi connectivity index (χ4v) is 1.25. The minimum atomic E-state index is -0.184. The Labute approximate surface area is 99.4 Å². The molecule has 0 saturated carbocycles. The topological polar surface area (TPSA) is 102 Å². The number of anilines is 1. The maximum atomic E-state index is 11.4. The number of aromatic nitrogens is 2. The molecule has 0 radical (unpaired) electrons. The highest BCUT2D eigenvalue weighted by atomic mass is 16.2. The van der Waals surface area contributed by atoms with Crippen LogP contribution >= 0.6 is 0 Å². The second-order valence-electron chi connectivity index (χ2n) is 3.83. The van der Waals surface area contributed by atoms with Crippen molar-refractivity contribution in [1.82, 2.24) is 15.1 Å². The van der Waals surface area contributed by atoms with Crippen LogP contribution in [0.25, 0.3) is 0 Å². The summed E-state index contributed by atoms with van der Waals surface area (Å²) in [5, 5.41) is 9.08. The van der Waals surface area contributed by atoms with E-state index in [1.807, 2.05) is 0 Å². The fraction of sp³-hybridized carbons (Fsp3) is 0.500. The summed E-state index contributed by atoms with van der Waals surface area (Å²) in [5.74, 6) is -0.318. The van der Waals surface area contributed by atoms with Gasteiger partial charge in [0.15, 0.2) is 0 Å². The van der Waals surface area contributed by atoms with Crippen LogP contribution in [0.2, 0.25) is 0 Å². The van der Waals surface area contributed by atoms with Gasteiger partial charge in [0.1, 0.15) is 6.54 Å². The van der Waals surface area contributed by atoms with E-state index in [-0.39, 0.29) is 30.8 Å². The van der Waals surface area contributed by atoms with E-state index < -0.39 is 0 Å². The molecule has 0 aliphatic carbocycles. The Balaban J connectivity index is 2.51. The predicted octanol–water partition coefficient (Wildman–Crippen LogP) is -0.695. The second kappa shape index (κ2) is 6.00. The minimum absolute atomic E-state index is 0.125. The van der Waals surface area contributed by atoms with Gasteiger partial charge in [0, 0.05) is 25.7 Å². The van der Waals surface area contributed by atoms with Crippen LogP contribution in [0.5, 0.6) is 0 Å². The van der Waals surface area contributed by atoms with E-state index in [2.05, 4.69) is 15.7 Å². The third kappa shape index (κ3) is 4.64. The molecule has 1 atom stereocenters. The highest BCUT2D eigenvalue weighted by Crippen LogP contribution is 2.05. The van der Waals surface area contributed by atoms with Crippen molar-refractivity contribution in [3.05, 3.63) is 12.4 Å². The summed E-state index contributed by atoms with van der Waals surface area (Å²) >= 11 is 0. The molecule has 0 saturated heterocycles. The van der Waals surface area contributed by atoms with Crippen LogP contribution in [0.15, 0.2) is 12.4 Å². The number of carbonyl (C=O) groups excluding carboxylic acids is 2. The standard InChI is InChI=1S/C10H17N5O2/c1-7(11)3-9(16)14-8-4-13-15(5-8)6-10(17)12-2/h4-5,7H,3,6,11H2,1-2H3,(H,12,17)(H,14,16). The maximum absolute atomic E-state index is 11.4. The molecule has 1 heterocycles. The highest BCUT2D eigenvalue weighted by molar-refractivity contribution is 5.90. The number of hydrogen-bond donors (Lipinski definition) is 3. The lowest BCUT2D eigenvalue weighted by Gasteiger charge is -2.04. The van der Waals surface area contributed by atoms with Crippen molar-refractivity contribution in [3.8, 4) is 0 Å². The summed E-state index contributed by atoms with van der Waals surface area (Å²) in [6, 6.07) is -0.184. The summed E-state index contributed by atoms with van der Waals surface area (Å²) in [6.45, 7) is 1.88. The van der Waals surface area contributed by atoms with Crippen molar-refractivity contribution in [1.29, 1.82) is 0 Å². The van der Waals surface area contributed by atoms with E-state index in [0.717, 1.165) is 0 Å². The molecular formula is C10H17N5O2. The van der Waals surface area contributed by atoms with E-state index in [0.29, 0.717) is 5.69 Å². The molecule has 0 aliphatic rings. The molecule has 94 valence electrons. The molecule has 7 heteroatoms. The van der Waals surface area contributed by atoms with Gasteiger partial charge in [0.2, 0.25) is 11.8 Å². The van der Waals surface area contributed by atoms with Gasteiger partial charge < -0.3 is 16.4 Å². The molecule has 1 aromatic heterocycles. The Morgan fingerprint density at radius 2 is 2.24 bits per heavy atom. The third-order valence-electron chi connectivity index (χ3n) is 2.01. The number of nitrogens with one attached hydrogen (secondary N) is 2. The summed E-state index contributed by atoms with van der Waals surface area (Å²) in [5.41, 5.74) is 6.06. The SMILES string of the molecule is CNC(=O)Cn1cc(NC(=O)CC(C)N)cn1. The smallest absolute Gasteiger partial charge is 0.241 e. The second-order valence-corrected chi connectivity index (χ2v) is 3.83. The van der Waals surface area contributed by atoms with Crippen LogP contribution in [0, 0.1) is 0 Å². The molecule has 0 aromatic carbocycles. The molecule has 1 unspecified atom stereocenters. The van der Waals surface area contributed by atoms with Crippen LogP contribution in [0.1, 0.15) is 13.3 Å².